The summed E-state index contributed by atoms with van der Waals surface area (Å²) in [7, 11) is 0. The highest BCUT2D eigenvalue weighted by Gasteiger charge is 2.40. The van der Waals surface area contributed by atoms with Crippen molar-refractivity contribution in [1.82, 2.24) is 42.1 Å². The first-order valence-electron chi connectivity index (χ1n) is 21.1. The molecule has 0 saturated carbocycles. The zero-order valence-electron chi connectivity index (χ0n) is 36.9. The fourth-order valence-corrected chi connectivity index (χ4v) is 7.02. The second-order valence-corrected chi connectivity index (χ2v) is 16.9. The molecule has 0 unspecified atom stereocenters. The van der Waals surface area contributed by atoms with E-state index >= 15 is 0 Å². The maximum atomic E-state index is 14.2. The maximum Gasteiger partial charge on any atom is 0.327 e. The van der Waals surface area contributed by atoms with Gasteiger partial charge in [-0.15, -0.1) is 0 Å². The Hall–Kier alpha value is -5.46. The number of hydrogen-bond donors (Lipinski definition) is 13. The number of nitrogens with two attached hydrogens (primary N) is 1. The van der Waals surface area contributed by atoms with Crippen molar-refractivity contribution in [3.63, 3.8) is 0 Å². The van der Waals surface area contributed by atoms with Crippen molar-refractivity contribution >= 4 is 84.5 Å². The number of carbonyl (C=O) groups excluding carboxylic acids is 8. The van der Waals surface area contributed by atoms with Gasteiger partial charge in [-0.25, -0.2) is 4.79 Å². The van der Waals surface area contributed by atoms with Gasteiger partial charge in [0.05, 0.1) is 12.1 Å². The fourth-order valence-electron chi connectivity index (χ4n) is 6.61. The summed E-state index contributed by atoms with van der Waals surface area (Å²) in [6, 6.07) is -3.07. The van der Waals surface area contributed by atoms with E-state index in [2.05, 4.69) is 62.5 Å². The van der Waals surface area contributed by atoms with Crippen LogP contribution in [0.5, 0.6) is 0 Å². The number of aliphatic hydroxyl groups is 1. The van der Waals surface area contributed by atoms with E-state index in [1.807, 2.05) is 0 Å². The Morgan fingerprint density at radius 1 is 0.692 bits per heavy atom. The number of benzene rings is 1. The highest BCUT2D eigenvalue weighted by Crippen LogP contribution is 2.20. The van der Waals surface area contributed by atoms with Crippen molar-refractivity contribution in [2.45, 2.75) is 134 Å². The summed E-state index contributed by atoms with van der Waals surface area (Å²) in [6.07, 6.45) is -1.80. The van der Waals surface area contributed by atoms with E-state index in [1.54, 1.807) is 44.2 Å². The van der Waals surface area contributed by atoms with Gasteiger partial charge in [-0.05, 0) is 57.9 Å². The Kier molecular flexibility index (Phi) is 23.2. The number of carboxylic acids is 2. The molecule has 8 amide bonds. The van der Waals surface area contributed by atoms with Crippen molar-refractivity contribution < 1.29 is 63.3 Å². The summed E-state index contributed by atoms with van der Waals surface area (Å²) in [5.41, 5.74) is 6.35. The van der Waals surface area contributed by atoms with Gasteiger partial charge in [0.2, 0.25) is 47.3 Å². The lowest BCUT2D eigenvalue weighted by atomic mass is 10.0. The Bertz CT molecular complexity index is 1860. The number of rotatable bonds is 26. The highest BCUT2D eigenvalue weighted by molar-refractivity contribution is 7.80. The van der Waals surface area contributed by atoms with Gasteiger partial charge in [0.25, 0.3) is 0 Å². The molecule has 1 saturated heterocycles. The number of hydrogen-bond acceptors (Lipinski definition) is 14. The summed E-state index contributed by atoms with van der Waals surface area (Å²) in [5.74, 6) is -9.62. The van der Waals surface area contributed by atoms with Crippen LogP contribution in [0.3, 0.4) is 0 Å². The van der Waals surface area contributed by atoms with Crippen LogP contribution in [0, 0.1) is 5.92 Å². The van der Waals surface area contributed by atoms with E-state index in [9.17, 15) is 63.3 Å². The molecule has 1 aromatic rings. The number of thiol groups is 2. The zero-order chi connectivity index (χ0) is 49.1. The smallest absolute Gasteiger partial charge is 0.327 e. The van der Waals surface area contributed by atoms with Gasteiger partial charge in [-0.1, -0.05) is 44.2 Å². The lowest BCUT2D eigenvalue weighted by Crippen LogP contribution is -2.61. The molecular weight excluding hydrogens is 891 g/mol. The summed E-state index contributed by atoms with van der Waals surface area (Å²) >= 11 is 7.88. The number of aliphatic hydroxyl groups excluding tert-OH is 1. The summed E-state index contributed by atoms with van der Waals surface area (Å²) in [5, 5.41) is 46.2. The van der Waals surface area contributed by atoms with Crippen LogP contribution in [-0.4, -0.2) is 158 Å². The molecule has 22 nitrogen and oxygen atoms in total. The van der Waals surface area contributed by atoms with E-state index in [0.29, 0.717) is 12.0 Å². The molecule has 1 aromatic carbocycles. The molecule has 1 heterocycles. The molecule has 24 heteroatoms. The molecule has 10 atom stereocenters. The minimum absolute atomic E-state index is 0.00856. The Morgan fingerprint density at radius 3 is 1.78 bits per heavy atom. The largest absolute Gasteiger partial charge is 0.481 e. The van der Waals surface area contributed by atoms with Crippen LogP contribution in [-0.2, 0) is 54.4 Å². The number of amides is 8. The van der Waals surface area contributed by atoms with Crippen molar-refractivity contribution in [2.24, 2.45) is 11.7 Å². The topological polar surface area (TPSA) is 345 Å². The standard InChI is InChI=1S/C41H63N9O13S2/c1-20(2)16-27(46-36(57)26(13-14-31(52)53)45-35(56)25(42)18-64)37(58)49-32(23(5)51)39(60)44-22(4)33(54)47-28(17-24-10-7-6-8-11-24)40(61)50-15-9-12-30(50)38(59)43-21(3)34(55)48-29(19-65)41(62)63/h6-8,10-11,20-23,25-30,32,51,64-65H,9,12-19,42H2,1-5H3,(H,43,59)(H,44,60)(H,45,56)(H,46,57)(H,47,54)(H,48,55)(H,49,58)(H,52,53)(H,62,63)/t21-,22-,23+,25-,26-,27-,28-,29-,30-,32-/m0/s1. The van der Waals surface area contributed by atoms with E-state index in [0.717, 1.165) is 0 Å². The zero-order valence-corrected chi connectivity index (χ0v) is 38.7. The molecule has 0 aliphatic carbocycles. The molecule has 1 aliphatic rings. The van der Waals surface area contributed by atoms with Crippen molar-refractivity contribution in [3.05, 3.63) is 35.9 Å². The third-order valence-electron chi connectivity index (χ3n) is 10.3. The summed E-state index contributed by atoms with van der Waals surface area (Å²) < 4.78 is 0. The molecular formula is C41H63N9O13S2. The minimum atomic E-state index is -1.68. The van der Waals surface area contributed by atoms with Gasteiger partial charge in [0, 0.05) is 30.9 Å². The summed E-state index contributed by atoms with van der Waals surface area (Å²) in [6.45, 7) is 7.45. The van der Waals surface area contributed by atoms with Gasteiger partial charge in [-0.3, -0.25) is 43.2 Å². The van der Waals surface area contributed by atoms with Gasteiger partial charge in [-0.2, -0.15) is 25.3 Å². The van der Waals surface area contributed by atoms with Crippen molar-refractivity contribution in [1.29, 1.82) is 0 Å². The molecule has 0 spiro atoms. The van der Waals surface area contributed by atoms with Crippen LogP contribution in [0.2, 0.25) is 0 Å². The Morgan fingerprint density at radius 2 is 1.25 bits per heavy atom. The number of aliphatic carboxylic acids is 2. The number of nitrogens with zero attached hydrogens (tertiary/aromatic N) is 1. The average molecular weight is 954 g/mol. The average Bonchev–Trinajstić information content (AvgIpc) is 3.75. The molecule has 1 aliphatic heterocycles. The number of carbonyl (C=O) groups is 10. The van der Waals surface area contributed by atoms with Gasteiger partial charge in [0.15, 0.2) is 0 Å². The van der Waals surface area contributed by atoms with Crippen LogP contribution in [0.15, 0.2) is 30.3 Å². The minimum Gasteiger partial charge on any atom is -0.481 e. The number of carboxylic acid groups (broad SMARTS) is 2. The fraction of sp³-hybridized carbons (Fsp3) is 0.610. The van der Waals surface area contributed by atoms with Crippen molar-refractivity contribution in [3.8, 4) is 0 Å². The molecule has 0 bridgehead atoms. The Labute approximate surface area is 387 Å². The highest BCUT2D eigenvalue weighted by atomic mass is 32.1. The van der Waals surface area contributed by atoms with E-state index in [-0.39, 0.29) is 49.7 Å². The molecule has 362 valence electrons. The van der Waals surface area contributed by atoms with Crippen LogP contribution in [0.25, 0.3) is 0 Å². The second kappa shape index (κ2) is 27.1. The summed E-state index contributed by atoms with van der Waals surface area (Å²) in [4.78, 5) is 131. The normalized spacial score (nSPS) is 17.6. The third-order valence-corrected chi connectivity index (χ3v) is 11.0. The molecule has 0 aromatic heterocycles. The van der Waals surface area contributed by atoms with Gasteiger partial charge >= 0.3 is 11.9 Å². The first-order valence-corrected chi connectivity index (χ1v) is 22.3. The van der Waals surface area contributed by atoms with Gasteiger partial charge < -0.3 is 63.2 Å². The molecule has 65 heavy (non-hydrogen) atoms. The SMILES string of the molecule is CC(C)C[C@H](NC(=O)[C@H](CCC(=O)O)NC(=O)[C@@H](N)CS)C(=O)N[C@H](C(=O)N[C@@H](C)C(=O)N[C@@H](Cc1ccccc1)C(=O)N1CCC[C@H]1C(=O)N[C@@H](C)C(=O)N[C@@H](CS)C(=O)O)[C@@H](C)O. The van der Waals surface area contributed by atoms with E-state index in [4.69, 9.17) is 5.73 Å². The molecule has 12 N–H and O–H groups in total. The number of likely N-dealkylation sites (tertiary alicyclic amines) is 1. The Balaban J connectivity index is 2.25. The monoisotopic (exact) mass is 953 g/mol. The van der Waals surface area contributed by atoms with E-state index in [1.165, 1.54) is 25.7 Å². The first-order chi connectivity index (χ1) is 30.5. The predicted molar refractivity (Wildman–Crippen MR) is 241 cm³/mol. The third kappa shape index (κ3) is 18.2. The lowest BCUT2D eigenvalue weighted by molar-refractivity contribution is -0.143. The van der Waals surface area contributed by atoms with Crippen LogP contribution >= 0.6 is 25.3 Å². The molecule has 0 radical (unpaired) electrons. The van der Waals surface area contributed by atoms with Crippen molar-refractivity contribution in [2.75, 3.05) is 18.1 Å². The quantitative estimate of drug-likeness (QED) is 0.0418. The number of nitrogens with one attached hydrogen (secondary N) is 7. The van der Waals surface area contributed by atoms with Crippen LogP contribution in [0.4, 0.5) is 0 Å². The maximum absolute atomic E-state index is 14.2. The molecule has 1 fully saturated rings. The van der Waals surface area contributed by atoms with E-state index < -0.39 is 126 Å². The van der Waals surface area contributed by atoms with Crippen LogP contribution in [0.1, 0.15) is 72.3 Å². The lowest BCUT2D eigenvalue weighted by Gasteiger charge is -2.30. The predicted octanol–water partition coefficient (Wildman–Crippen LogP) is -2.78. The first kappa shape index (κ1) is 55.7. The second-order valence-electron chi connectivity index (χ2n) is 16.2. The van der Waals surface area contributed by atoms with Crippen LogP contribution < -0.4 is 43.0 Å². The van der Waals surface area contributed by atoms with Gasteiger partial charge in [0.1, 0.15) is 48.3 Å². The molecule has 2 rings (SSSR count).